The zero-order valence-corrected chi connectivity index (χ0v) is 52.7. The van der Waals surface area contributed by atoms with Crippen molar-refractivity contribution >= 4 is 13.7 Å². The maximum absolute atomic E-state index is 13.1. The predicted molar refractivity (Wildman–Crippen MR) is 332 cm³/mol. The molecule has 3 N–H and O–H groups in total. The second kappa shape index (κ2) is 58.6. The number of allylic oxidation sites excluding steroid dienone is 4. The molecule has 0 aliphatic rings. The zero-order valence-electron chi connectivity index (χ0n) is 51.8. The Kier molecular flexibility index (Phi) is 57.8. The van der Waals surface area contributed by atoms with E-state index in [9.17, 15) is 19.4 Å². The van der Waals surface area contributed by atoms with Crippen LogP contribution in [0.15, 0.2) is 24.3 Å². The second-order valence-corrected chi connectivity index (χ2v) is 26.0. The molecular weight excluding hydrogens is 960 g/mol. The highest BCUT2D eigenvalue weighted by molar-refractivity contribution is 7.47. The van der Waals surface area contributed by atoms with E-state index >= 15 is 0 Å². The number of aliphatic hydroxyl groups excluding tert-OH is 1. The lowest BCUT2D eigenvalue weighted by atomic mass is 10.0. The minimum atomic E-state index is -4.33. The predicted octanol–water partition coefficient (Wildman–Crippen LogP) is 21.1. The molecular formula is C67H134N2O6P+. The Bertz CT molecular complexity index is 1290. The number of phosphoric acid groups is 1. The fourth-order valence-corrected chi connectivity index (χ4v) is 11.2. The molecule has 0 fully saturated rings. The molecule has 76 heavy (non-hydrogen) atoms. The summed E-state index contributed by atoms with van der Waals surface area (Å²) in [4.78, 5) is 23.4. The van der Waals surface area contributed by atoms with Gasteiger partial charge in [-0.3, -0.25) is 13.8 Å². The van der Waals surface area contributed by atoms with E-state index < -0.39 is 20.0 Å². The Morgan fingerprint density at radius 1 is 0.447 bits per heavy atom. The highest BCUT2D eigenvalue weighted by Crippen LogP contribution is 2.43. The van der Waals surface area contributed by atoms with Crippen LogP contribution in [0.5, 0.6) is 0 Å². The van der Waals surface area contributed by atoms with Crippen LogP contribution in [0.4, 0.5) is 0 Å². The number of hydrogen-bond acceptors (Lipinski definition) is 5. The van der Waals surface area contributed by atoms with Gasteiger partial charge in [0.15, 0.2) is 0 Å². The molecule has 0 saturated carbocycles. The number of unbranched alkanes of at least 4 members (excludes halogenated alkanes) is 46. The molecule has 0 aromatic heterocycles. The van der Waals surface area contributed by atoms with Crippen LogP contribution in [0.25, 0.3) is 0 Å². The summed E-state index contributed by atoms with van der Waals surface area (Å²) in [6.07, 6.45) is 75.5. The molecule has 452 valence electrons. The Hall–Kier alpha value is -1.02. The quantitative estimate of drug-likeness (QED) is 0.0243. The van der Waals surface area contributed by atoms with Crippen LogP contribution in [-0.2, 0) is 18.4 Å². The van der Waals surface area contributed by atoms with E-state index in [1.807, 2.05) is 21.1 Å². The van der Waals surface area contributed by atoms with Gasteiger partial charge in [-0.2, -0.15) is 0 Å². The molecule has 3 unspecified atom stereocenters. The van der Waals surface area contributed by atoms with E-state index in [-0.39, 0.29) is 19.1 Å². The molecule has 0 aliphatic heterocycles. The Labute approximate surface area is 474 Å². The largest absolute Gasteiger partial charge is 0.472 e. The van der Waals surface area contributed by atoms with Gasteiger partial charge in [0.05, 0.1) is 39.9 Å². The van der Waals surface area contributed by atoms with Gasteiger partial charge in [0.25, 0.3) is 0 Å². The van der Waals surface area contributed by atoms with Crippen molar-refractivity contribution in [1.82, 2.24) is 5.32 Å². The zero-order chi connectivity index (χ0) is 55.6. The molecule has 1 amide bonds. The number of aliphatic hydroxyl groups is 1. The summed E-state index contributed by atoms with van der Waals surface area (Å²) in [6.45, 7) is 4.93. The van der Waals surface area contributed by atoms with Crippen LogP contribution in [0.2, 0.25) is 0 Å². The molecule has 3 atom stereocenters. The summed E-state index contributed by atoms with van der Waals surface area (Å²) in [6, 6.07) is -0.761. The van der Waals surface area contributed by atoms with Gasteiger partial charge in [0.1, 0.15) is 13.2 Å². The molecule has 0 rings (SSSR count). The number of phosphoric ester groups is 1. The fourth-order valence-electron chi connectivity index (χ4n) is 10.4. The van der Waals surface area contributed by atoms with E-state index in [1.165, 1.54) is 276 Å². The first-order chi connectivity index (χ1) is 37.0. The third kappa shape index (κ3) is 60.6. The van der Waals surface area contributed by atoms with E-state index in [2.05, 4.69) is 43.5 Å². The third-order valence-corrected chi connectivity index (χ3v) is 16.7. The van der Waals surface area contributed by atoms with Crippen molar-refractivity contribution in [2.45, 2.75) is 360 Å². The first-order valence-electron chi connectivity index (χ1n) is 33.7. The lowest BCUT2D eigenvalue weighted by Crippen LogP contribution is -2.46. The lowest BCUT2D eigenvalue weighted by Gasteiger charge is -2.26. The first-order valence-corrected chi connectivity index (χ1v) is 35.2. The Morgan fingerprint density at radius 3 is 1.08 bits per heavy atom. The number of nitrogens with one attached hydrogen (secondary N) is 1. The van der Waals surface area contributed by atoms with Crippen LogP contribution >= 0.6 is 7.82 Å². The molecule has 0 radical (unpaired) electrons. The van der Waals surface area contributed by atoms with Gasteiger partial charge in [-0.15, -0.1) is 0 Å². The highest BCUT2D eigenvalue weighted by Gasteiger charge is 2.28. The van der Waals surface area contributed by atoms with Crippen LogP contribution < -0.4 is 5.32 Å². The molecule has 0 heterocycles. The molecule has 0 aromatic carbocycles. The minimum absolute atomic E-state index is 0.0765. The number of hydrogen-bond donors (Lipinski definition) is 3. The van der Waals surface area contributed by atoms with Gasteiger partial charge >= 0.3 is 7.82 Å². The average molecular weight is 1090 g/mol. The maximum atomic E-state index is 13.1. The molecule has 0 bridgehead atoms. The molecule has 0 spiro atoms. The average Bonchev–Trinajstić information content (AvgIpc) is 3.38. The van der Waals surface area contributed by atoms with Gasteiger partial charge in [-0.25, -0.2) is 4.57 Å². The summed E-state index contributed by atoms with van der Waals surface area (Å²) in [7, 11) is 1.63. The van der Waals surface area contributed by atoms with Crippen molar-refractivity contribution in [1.29, 1.82) is 0 Å². The van der Waals surface area contributed by atoms with Crippen molar-refractivity contribution < 1.29 is 32.9 Å². The van der Waals surface area contributed by atoms with Gasteiger partial charge in [0.2, 0.25) is 5.91 Å². The van der Waals surface area contributed by atoms with Crippen LogP contribution in [0, 0.1) is 0 Å². The van der Waals surface area contributed by atoms with Crippen molar-refractivity contribution in [2.75, 3.05) is 40.9 Å². The highest BCUT2D eigenvalue weighted by atomic mass is 31.2. The number of likely N-dealkylation sites (N-methyl/N-ethyl adjacent to an activating group) is 1. The van der Waals surface area contributed by atoms with E-state index in [0.29, 0.717) is 23.9 Å². The van der Waals surface area contributed by atoms with Gasteiger partial charge in [0, 0.05) is 6.42 Å². The summed E-state index contributed by atoms with van der Waals surface area (Å²) in [5, 5.41) is 14.1. The molecule has 0 aliphatic carbocycles. The fraction of sp³-hybridized carbons (Fsp3) is 0.925. The smallest absolute Gasteiger partial charge is 0.391 e. The summed E-state index contributed by atoms with van der Waals surface area (Å²) >= 11 is 0. The topological polar surface area (TPSA) is 105 Å². The molecule has 0 aromatic rings. The summed E-state index contributed by atoms with van der Waals surface area (Å²) < 4.78 is 23.9. The van der Waals surface area contributed by atoms with Crippen molar-refractivity contribution in [3.63, 3.8) is 0 Å². The van der Waals surface area contributed by atoms with Crippen LogP contribution in [0.1, 0.15) is 348 Å². The standard InChI is InChI=1S/C67H133N2O6P/c1-6-8-10-12-14-16-18-20-22-24-26-28-30-32-33-34-35-37-38-40-42-44-46-48-50-52-54-56-58-60-66(70)65(64-75-76(72,73)74-63-62-69(3,4)5)68-67(71)61-59-57-55-53-51-49-47-45-43-41-39-36-31-29-27-25-23-21-19-17-15-13-11-9-7-2/h19,21,25,27,65-66,70H,6-18,20,22-24,26,28-64H2,1-5H3,(H-,68,71,72,73)/p+1/b21-19-,27-25-. The van der Waals surface area contributed by atoms with Crippen LogP contribution in [-0.4, -0.2) is 73.4 Å². The number of carbonyl (C=O) groups excluding carboxylic acids is 1. The SMILES string of the molecule is CCCCCCC/C=C\C/C=C\CCCCCCCCCCCCCCCC(=O)NC(COP(=O)(O)OCC[N+](C)(C)C)C(O)CCCCCCCCCCCCCCCCCCCCCCCCCCCCCCC. The Balaban J connectivity index is 4.04. The second-order valence-electron chi connectivity index (χ2n) is 24.6. The molecule has 0 saturated heterocycles. The monoisotopic (exact) mass is 1090 g/mol. The summed E-state index contributed by atoms with van der Waals surface area (Å²) in [5.74, 6) is -0.139. The lowest BCUT2D eigenvalue weighted by molar-refractivity contribution is -0.870. The number of rotatable bonds is 63. The van der Waals surface area contributed by atoms with E-state index in [4.69, 9.17) is 9.05 Å². The van der Waals surface area contributed by atoms with Crippen LogP contribution in [0.3, 0.4) is 0 Å². The molecule has 9 heteroatoms. The number of carbonyl (C=O) groups is 1. The Morgan fingerprint density at radius 2 is 0.750 bits per heavy atom. The van der Waals surface area contributed by atoms with Gasteiger partial charge in [-0.1, -0.05) is 321 Å². The first kappa shape index (κ1) is 75.0. The van der Waals surface area contributed by atoms with Crippen molar-refractivity contribution in [3.05, 3.63) is 24.3 Å². The van der Waals surface area contributed by atoms with E-state index in [0.717, 1.165) is 44.9 Å². The van der Waals surface area contributed by atoms with E-state index in [1.54, 1.807) is 0 Å². The van der Waals surface area contributed by atoms with Crippen molar-refractivity contribution in [2.24, 2.45) is 0 Å². The third-order valence-electron chi connectivity index (χ3n) is 15.7. The van der Waals surface area contributed by atoms with Gasteiger partial charge < -0.3 is 19.8 Å². The van der Waals surface area contributed by atoms with Gasteiger partial charge in [-0.05, 0) is 44.9 Å². The number of amides is 1. The maximum Gasteiger partial charge on any atom is 0.472 e. The number of quaternary nitrogens is 1. The summed E-state index contributed by atoms with van der Waals surface area (Å²) in [5.41, 5.74) is 0. The van der Waals surface area contributed by atoms with Crippen molar-refractivity contribution in [3.8, 4) is 0 Å². The minimum Gasteiger partial charge on any atom is -0.391 e. The molecule has 8 nitrogen and oxygen atoms in total. The normalized spacial score (nSPS) is 13.8. The number of nitrogens with zero attached hydrogens (tertiary/aromatic N) is 1.